The van der Waals surface area contributed by atoms with Gasteiger partial charge in [0.25, 0.3) is 0 Å². The Morgan fingerprint density at radius 2 is 1.65 bits per heavy atom. The Hall–Kier alpha value is -2.62. The summed E-state index contributed by atoms with van der Waals surface area (Å²) in [7, 11) is 0. The fraction of sp³-hybridized carbons (Fsp3) is 0.136. The quantitative estimate of drug-likeness (QED) is 0.443. The third-order valence-corrected chi connectivity index (χ3v) is 4.56. The molecule has 4 rings (SSSR count). The molecule has 3 nitrogen and oxygen atoms in total. The first kappa shape index (κ1) is 16.8. The maximum absolute atomic E-state index is 12.9. The van der Waals surface area contributed by atoms with E-state index >= 15 is 0 Å². The Kier molecular flexibility index (Phi) is 4.74. The Bertz CT molecular complexity index is 909. The average Bonchev–Trinajstić information content (AvgIpc) is 3.49. The molecule has 1 aliphatic rings. The normalized spacial score (nSPS) is 18.3. The van der Waals surface area contributed by atoms with Crippen LogP contribution in [0.1, 0.15) is 27.6 Å². The number of Topliss-reactive ketones (excluding diaryl/α,β-unsaturated/α-hetero) is 1. The van der Waals surface area contributed by atoms with Crippen LogP contribution in [-0.4, -0.2) is 11.9 Å². The van der Waals surface area contributed by atoms with Crippen molar-refractivity contribution in [3.63, 3.8) is 0 Å². The van der Waals surface area contributed by atoms with E-state index in [1.807, 2.05) is 60.7 Å². The van der Waals surface area contributed by atoms with Gasteiger partial charge in [-0.15, -0.1) is 0 Å². The van der Waals surface area contributed by atoms with Crippen LogP contribution in [0.3, 0.4) is 0 Å². The lowest BCUT2D eigenvalue weighted by Gasteiger charge is -2.11. The molecule has 3 aromatic carbocycles. The van der Waals surface area contributed by atoms with Crippen LogP contribution in [0.4, 0.5) is 0 Å². The summed E-state index contributed by atoms with van der Waals surface area (Å²) in [6.45, 7) is 0.385. The Morgan fingerprint density at radius 1 is 0.962 bits per heavy atom. The molecule has 0 radical (unpaired) electrons. The second-order valence-corrected chi connectivity index (χ2v) is 6.60. The van der Waals surface area contributed by atoms with Gasteiger partial charge < -0.3 is 9.47 Å². The van der Waals surface area contributed by atoms with E-state index in [0.29, 0.717) is 22.9 Å². The van der Waals surface area contributed by atoms with Gasteiger partial charge in [0.05, 0.1) is 5.56 Å². The summed E-state index contributed by atoms with van der Waals surface area (Å²) >= 11 is 6.11. The highest BCUT2D eigenvalue weighted by molar-refractivity contribution is 6.31. The molecular formula is C22H17ClO3. The molecule has 130 valence electrons. The van der Waals surface area contributed by atoms with E-state index < -0.39 is 6.10 Å². The molecule has 26 heavy (non-hydrogen) atoms. The molecule has 4 heteroatoms. The highest BCUT2D eigenvalue weighted by Crippen LogP contribution is 2.42. The number of hydrogen-bond acceptors (Lipinski definition) is 3. The van der Waals surface area contributed by atoms with E-state index in [1.165, 1.54) is 0 Å². The van der Waals surface area contributed by atoms with Crippen LogP contribution in [-0.2, 0) is 11.3 Å². The minimum absolute atomic E-state index is 0.107. The lowest BCUT2D eigenvalue weighted by atomic mass is 10.0. The minimum Gasteiger partial charge on any atom is -0.488 e. The van der Waals surface area contributed by atoms with Crippen LogP contribution >= 0.6 is 11.6 Å². The zero-order valence-electron chi connectivity index (χ0n) is 14.0. The van der Waals surface area contributed by atoms with E-state index in [1.54, 1.807) is 18.2 Å². The molecule has 1 heterocycles. The van der Waals surface area contributed by atoms with E-state index in [2.05, 4.69) is 0 Å². The van der Waals surface area contributed by atoms with Gasteiger partial charge in [-0.05, 0) is 29.3 Å². The van der Waals surface area contributed by atoms with Crippen molar-refractivity contribution < 1.29 is 14.3 Å². The van der Waals surface area contributed by atoms with Crippen molar-refractivity contribution in [2.24, 2.45) is 0 Å². The summed E-state index contributed by atoms with van der Waals surface area (Å²) in [6, 6.07) is 24.7. The second-order valence-electron chi connectivity index (χ2n) is 6.17. The zero-order chi connectivity index (χ0) is 17.9. The summed E-state index contributed by atoms with van der Waals surface area (Å²) in [4.78, 5) is 12.9. The van der Waals surface area contributed by atoms with Crippen LogP contribution in [0.15, 0.2) is 78.9 Å². The predicted molar refractivity (Wildman–Crippen MR) is 101 cm³/mol. The van der Waals surface area contributed by atoms with E-state index in [9.17, 15) is 4.79 Å². The Morgan fingerprint density at radius 3 is 2.38 bits per heavy atom. The van der Waals surface area contributed by atoms with Gasteiger partial charge in [0.1, 0.15) is 18.5 Å². The van der Waals surface area contributed by atoms with Gasteiger partial charge in [0.15, 0.2) is 11.9 Å². The third kappa shape index (κ3) is 3.64. The molecule has 0 bridgehead atoms. The van der Waals surface area contributed by atoms with Gasteiger partial charge in [0.2, 0.25) is 0 Å². The largest absolute Gasteiger partial charge is 0.488 e. The van der Waals surface area contributed by atoms with Crippen molar-refractivity contribution in [1.82, 2.24) is 0 Å². The van der Waals surface area contributed by atoms with Crippen LogP contribution in [0.5, 0.6) is 5.75 Å². The first-order valence-corrected chi connectivity index (χ1v) is 8.81. The number of rotatable bonds is 6. The Labute approximate surface area is 157 Å². The molecule has 0 saturated carbocycles. The van der Waals surface area contributed by atoms with Crippen LogP contribution in [0.2, 0.25) is 5.02 Å². The maximum atomic E-state index is 12.9. The summed E-state index contributed by atoms with van der Waals surface area (Å²) in [5.41, 5.74) is 2.49. The van der Waals surface area contributed by atoms with Crippen molar-refractivity contribution in [2.75, 3.05) is 0 Å². The molecule has 1 aliphatic heterocycles. The molecule has 0 aliphatic carbocycles. The minimum atomic E-state index is -0.491. The van der Waals surface area contributed by atoms with Crippen LogP contribution in [0, 0.1) is 0 Å². The fourth-order valence-corrected chi connectivity index (χ4v) is 3.09. The Balaban J connectivity index is 1.52. The van der Waals surface area contributed by atoms with E-state index in [-0.39, 0.29) is 11.9 Å². The van der Waals surface area contributed by atoms with E-state index in [0.717, 1.165) is 11.1 Å². The summed E-state index contributed by atoms with van der Waals surface area (Å²) in [5.74, 6) is 0.412. The molecule has 0 aromatic heterocycles. The fourth-order valence-electron chi connectivity index (χ4n) is 2.92. The van der Waals surface area contributed by atoms with Crippen LogP contribution in [0.25, 0.3) is 0 Å². The number of carbonyl (C=O) groups is 1. The number of carbonyl (C=O) groups excluding carboxylic acids is 1. The molecule has 0 spiro atoms. The summed E-state index contributed by atoms with van der Waals surface area (Å²) < 4.78 is 11.5. The van der Waals surface area contributed by atoms with Gasteiger partial charge in [-0.3, -0.25) is 4.79 Å². The van der Waals surface area contributed by atoms with Crippen LogP contribution < -0.4 is 4.74 Å². The number of ketones is 1. The number of epoxide rings is 1. The summed E-state index contributed by atoms with van der Waals surface area (Å²) in [5, 5.41) is 0.498. The average molecular weight is 365 g/mol. The SMILES string of the molecule is O=C(c1cc(Cl)ccc1OCc1ccccc1)[C@@H]1O[C@@H]1c1ccccc1. The molecule has 0 N–H and O–H groups in total. The van der Waals surface area contributed by atoms with Crippen molar-refractivity contribution >= 4 is 17.4 Å². The van der Waals surface area contributed by atoms with Gasteiger partial charge in [-0.25, -0.2) is 0 Å². The first-order valence-electron chi connectivity index (χ1n) is 8.43. The molecular weight excluding hydrogens is 348 g/mol. The van der Waals surface area contributed by atoms with Gasteiger partial charge >= 0.3 is 0 Å². The molecule has 1 fully saturated rings. The molecule has 1 saturated heterocycles. The lowest BCUT2D eigenvalue weighted by molar-refractivity contribution is 0.0949. The number of hydrogen-bond donors (Lipinski definition) is 0. The van der Waals surface area contributed by atoms with Crippen molar-refractivity contribution in [3.8, 4) is 5.75 Å². The maximum Gasteiger partial charge on any atom is 0.198 e. The van der Waals surface area contributed by atoms with Gasteiger partial charge in [-0.2, -0.15) is 0 Å². The van der Waals surface area contributed by atoms with Crippen molar-refractivity contribution in [2.45, 2.75) is 18.8 Å². The van der Waals surface area contributed by atoms with Crippen molar-refractivity contribution in [1.29, 1.82) is 0 Å². The number of benzene rings is 3. The third-order valence-electron chi connectivity index (χ3n) is 4.32. The predicted octanol–water partition coefficient (Wildman–Crippen LogP) is 5.24. The number of ether oxygens (including phenoxy) is 2. The van der Waals surface area contributed by atoms with Crippen molar-refractivity contribution in [3.05, 3.63) is 101 Å². The molecule has 0 amide bonds. The monoisotopic (exact) mass is 364 g/mol. The molecule has 0 unspecified atom stereocenters. The topological polar surface area (TPSA) is 38.8 Å². The summed E-state index contributed by atoms with van der Waals surface area (Å²) in [6.07, 6.45) is -0.695. The van der Waals surface area contributed by atoms with Gasteiger partial charge in [-0.1, -0.05) is 72.3 Å². The number of halogens is 1. The molecule has 3 aromatic rings. The van der Waals surface area contributed by atoms with Gasteiger partial charge in [0, 0.05) is 5.02 Å². The standard InChI is InChI=1S/C22H17ClO3/c23-17-11-12-19(25-14-15-7-3-1-4-8-15)18(13-17)20(24)22-21(26-22)16-9-5-2-6-10-16/h1-13,21-22H,14H2/t21-,22+/m1/s1. The highest BCUT2D eigenvalue weighted by Gasteiger charge is 2.46. The lowest BCUT2D eigenvalue weighted by Crippen LogP contribution is -2.11. The smallest absolute Gasteiger partial charge is 0.198 e. The highest BCUT2D eigenvalue weighted by atomic mass is 35.5. The zero-order valence-corrected chi connectivity index (χ0v) is 14.7. The second kappa shape index (κ2) is 7.32. The molecule has 2 atom stereocenters. The first-order chi connectivity index (χ1) is 12.7. The van der Waals surface area contributed by atoms with E-state index in [4.69, 9.17) is 21.1 Å².